The minimum absolute atomic E-state index is 0.239. The molecule has 0 saturated heterocycles. The Hall–Kier alpha value is -4.50. The smallest absolute Gasteiger partial charge is 0.116 e. The van der Waals surface area contributed by atoms with Gasteiger partial charge in [0.25, 0.3) is 0 Å². The van der Waals surface area contributed by atoms with Crippen LogP contribution < -0.4 is 0 Å². The molecule has 3 heterocycles. The van der Waals surface area contributed by atoms with Crippen molar-refractivity contribution in [1.82, 2.24) is 14.4 Å². The Morgan fingerprint density at radius 3 is 2.33 bits per heavy atom. The van der Waals surface area contributed by atoms with Crippen LogP contribution in [0.25, 0.3) is 71.0 Å². The molecule has 0 atom stereocenters. The van der Waals surface area contributed by atoms with E-state index < -0.39 is 0 Å². The average Bonchev–Trinajstić information content (AvgIpc) is 3.26. The van der Waals surface area contributed by atoms with Crippen LogP contribution in [0.3, 0.4) is 0 Å². The molecular weight excluding hydrogens is 474 g/mol. The largest absolute Gasteiger partial charge is 0.308 e. The summed E-state index contributed by atoms with van der Waals surface area (Å²) in [7, 11) is 0. The van der Waals surface area contributed by atoms with E-state index in [1.54, 1.807) is 6.33 Å². The van der Waals surface area contributed by atoms with Gasteiger partial charge < -0.3 is 4.40 Å². The van der Waals surface area contributed by atoms with Crippen LogP contribution in [0.4, 0.5) is 0 Å². The van der Waals surface area contributed by atoms with Gasteiger partial charge in [0, 0.05) is 16.2 Å². The monoisotopic (exact) mass is 503 g/mol. The fourth-order valence-electron chi connectivity index (χ4n) is 6.72. The van der Waals surface area contributed by atoms with Crippen molar-refractivity contribution < 1.29 is 0 Å². The molecule has 0 radical (unpaired) electrons. The lowest BCUT2D eigenvalue weighted by molar-refractivity contribution is 0.411. The van der Waals surface area contributed by atoms with Crippen molar-refractivity contribution >= 4 is 59.9 Å². The molecule has 39 heavy (non-hydrogen) atoms. The van der Waals surface area contributed by atoms with E-state index in [-0.39, 0.29) is 5.41 Å². The van der Waals surface area contributed by atoms with Gasteiger partial charge in [-0.15, -0.1) is 0 Å². The SMILES string of the molecule is Cc1c2ccc(CC(C)(C)C)cc2cc2c3ncnc4ccc5c6cc(-c7ccccc7)ccc6n(c12)c5c43. The molecule has 3 aromatic heterocycles. The molecule has 0 unspecified atom stereocenters. The summed E-state index contributed by atoms with van der Waals surface area (Å²) in [4.78, 5) is 9.59. The lowest BCUT2D eigenvalue weighted by Crippen LogP contribution is -2.09. The molecule has 3 heteroatoms. The average molecular weight is 504 g/mol. The van der Waals surface area contributed by atoms with Gasteiger partial charge in [-0.3, -0.25) is 0 Å². The third kappa shape index (κ3) is 3.23. The number of hydrogen-bond donors (Lipinski definition) is 0. The Morgan fingerprint density at radius 1 is 0.692 bits per heavy atom. The second-order valence-electron chi connectivity index (χ2n) is 12.2. The van der Waals surface area contributed by atoms with Gasteiger partial charge in [0.05, 0.1) is 33.0 Å². The van der Waals surface area contributed by atoms with Crippen molar-refractivity contribution in [1.29, 1.82) is 0 Å². The maximum absolute atomic E-state index is 4.90. The number of pyridine rings is 1. The van der Waals surface area contributed by atoms with Crippen LogP contribution in [0.5, 0.6) is 0 Å². The maximum atomic E-state index is 4.90. The summed E-state index contributed by atoms with van der Waals surface area (Å²) in [5.41, 5.74) is 11.1. The number of nitrogens with zero attached hydrogens (tertiary/aromatic N) is 3. The van der Waals surface area contributed by atoms with Crippen molar-refractivity contribution in [3.63, 3.8) is 0 Å². The van der Waals surface area contributed by atoms with Crippen molar-refractivity contribution in [2.24, 2.45) is 5.41 Å². The van der Waals surface area contributed by atoms with Gasteiger partial charge in [-0.05, 0) is 82.1 Å². The predicted molar refractivity (Wildman–Crippen MR) is 165 cm³/mol. The van der Waals surface area contributed by atoms with Gasteiger partial charge in [0.15, 0.2) is 0 Å². The first-order valence-corrected chi connectivity index (χ1v) is 13.7. The van der Waals surface area contributed by atoms with E-state index in [9.17, 15) is 0 Å². The van der Waals surface area contributed by atoms with Crippen LogP contribution in [0.2, 0.25) is 0 Å². The Kier molecular flexibility index (Phi) is 4.48. The van der Waals surface area contributed by atoms with Gasteiger partial charge in [0.2, 0.25) is 0 Å². The molecule has 8 aromatic rings. The molecule has 0 fully saturated rings. The van der Waals surface area contributed by atoms with Crippen molar-refractivity contribution in [3.05, 3.63) is 102 Å². The minimum atomic E-state index is 0.239. The number of rotatable bonds is 2. The second kappa shape index (κ2) is 7.77. The standard InChI is InChI=1S/C36H29N3/c1-21-26-12-10-22(19-36(2,3)4)16-25(26)18-29-33-32-30(37-20-38-33)14-13-27-28-17-24(23-8-6-5-7-9-23)11-15-31(28)39(34(21)29)35(27)32/h5-18,20H,19H2,1-4H3. The molecule has 5 aromatic carbocycles. The minimum Gasteiger partial charge on any atom is -0.308 e. The number of fused-ring (bicyclic) bond motifs is 7. The third-order valence-corrected chi connectivity index (χ3v) is 8.28. The van der Waals surface area contributed by atoms with Crippen LogP contribution >= 0.6 is 0 Å². The molecule has 0 N–H and O–H groups in total. The van der Waals surface area contributed by atoms with Crippen LogP contribution in [-0.2, 0) is 6.42 Å². The molecule has 8 rings (SSSR count). The molecule has 0 aliphatic rings. The summed E-state index contributed by atoms with van der Waals surface area (Å²) in [6, 6.07) is 31.3. The van der Waals surface area contributed by atoms with Gasteiger partial charge in [-0.2, -0.15) is 0 Å². The summed E-state index contributed by atoms with van der Waals surface area (Å²) in [6.45, 7) is 9.17. The first-order valence-electron chi connectivity index (χ1n) is 13.7. The summed E-state index contributed by atoms with van der Waals surface area (Å²) in [6.07, 6.45) is 2.76. The molecule has 3 nitrogen and oxygen atoms in total. The van der Waals surface area contributed by atoms with E-state index in [1.807, 2.05) is 0 Å². The predicted octanol–water partition coefficient (Wildman–Crippen LogP) is 9.50. The van der Waals surface area contributed by atoms with E-state index in [0.29, 0.717) is 0 Å². The topological polar surface area (TPSA) is 30.2 Å². The molecule has 0 spiro atoms. The van der Waals surface area contributed by atoms with E-state index in [2.05, 4.69) is 117 Å². The number of benzene rings is 5. The summed E-state index contributed by atoms with van der Waals surface area (Å²) < 4.78 is 2.48. The van der Waals surface area contributed by atoms with Crippen molar-refractivity contribution in [2.75, 3.05) is 0 Å². The molecule has 0 saturated carbocycles. The van der Waals surface area contributed by atoms with Crippen LogP contribution in [-0.4, -0.2) is 14.4 Å². The van der Waals surface area contributed by atoms with E-state index in [0.717, 1.165) is 22.8 Å². The van der Waals surface area contributed by atoms with E-state index in [4.69, 9.17) is 9.97 Å². The highest BCUT2D eigenvalue weighted by molar-refractivity contribution is 6.28. The number of aryl methyl sites for hydroxylation is 1. The van der Waals surface area contributed by atoms with Crippen LogP contribution in [0.15, 0.2) is 91.3 Å². The zero-order valence-corrected chi connectivity index (χ0v) is 22.7. The van der Waals surface area contributed by atoms with E-state index >= 15 is 0 Å². The van der Waals surface area contributed by atoms with Gasteiger partial charge in [-0.25, -0.2) is 9.97 Å². The highest BCUT2D eigenvalue weighted by Gasteiger charge is 2.22. The highest BCUT2D eigenvalue weighted by atomic mass is 14.9. The van der Waals surface area contributed by atoms with Gasteiger partial charge >= 0.3 is 0 Å². The summed E-state index contributed by atoms with van der Waals surface area (Å²) >= 11 is 0. The highest BCUT2D eigenvalue weighted by Crippen LogP contribution is 2.43. The lowest BCUT2D eigenvalue weighted by atomic mass is 9.87. The Balaban J connectivity index is 1.55. The first-order chi connectivity index (χ1) is 18.9. The maximum Gasteiger partial charge on any atom is 0.116 e. The van der Waals surface area contributed by atoms with Crippen molar-refractivity contribution in [3.8, 4) is 11.1 Å². The van der Waals surface area contributed by atoms with Gasteiger partial charge in [0.1, 0.15) is 6.33 Å². The molecule has 0 amide bonds. The van der Waals surface area contributed by atoms with Crippen LogP contribution in [0, 0.1) is 12.3 Å². The number of aromatic nitrogens is 3. The molecule has 188 valence electrons. The van der Waals surface area contributed by atoms with Crippen molar-refractivity contribution in [2.45, 2.75) is 34.1 Å². The molecule has 0 aliphatic heterocycles. The molecule has 0 bridgehead atoms. The van der Waals surface area contributed by atoms with E-state index in [1.165, 1.54) is 65.7 Å². The summed E-state index contributed by atoms with van der Waals surface area (Å²) in [5, 5.41) is 7.41. The summed E-state index contributed by atoms with van der Waals surface area (Å²) in [5.74, 6) is 0. The Morgan fingerprint density at radius 2 is 1.51 bits per heavy atom. The van der Waals surface area contributed by atoms with Gasteiger partial charge in [-0.1, -0.05) is 75.4 Å². The molecule has 0 aliphatic carbocycles. The normalized spacial score (nSPS) is 12.7. The third-order valence-electron chi connectivity index (χ3n) is 8.28. The zero-order chi connectivity index (χ0) is 26.5. The quantitative estimate of drug-likeness (QED) is 0.174. The van der Waals surface area contributed by atoms with Crippen LogP contribution in [0.1, 0.15) is 31.9 Å². The second-order valence-corrected chi connectivity index (χ2v) is 12.2. The zero-order valence-electron chi connectivity index (χ0n) is 22.7. The lowest BCUT2D eigenvalue weighted by Gasteiger charge is -2.19. The fourth-order valence-corrected chi connectivity index (χ4v) is 6.72. The Bertz CT molecular complexity index is 2230. The number of hydrogen-bond acceptors (Lipinski definition) is 2. The first kappa shape index (κ1) is 22.5. The fraction of sp³-hybridized carbons (Fsp3) is 0.167. The Labute approximate surface area is 227 Å². The molecular formula is C36H29N3.